The van der Waals surface area contributed by atoms with Gasteiger partial charge in [0.2, 0.25) is 0 Å². The predicted molar refractivity (Wildman–Crippen MR) is 101 cm³/mol. The number of rotatable bonds is 7. The molecule has 8 nitrogen and oxygen atoms in total. The van der Waals surface area contributed by atoms with Crippen molar-refractivity contribution in [1.82, 2.24) is 29.6 Å². The van der Waals surface area contributed by atoms with Crippen LogP contribution in [0.1, 0.15) is 29.1 Å². The molecule has 3 aromatic rings. The highest BCUT2D eigenvalue weighted by atomic mass is 35.5. The van der Waals surface area contributed by atoms with E-state index in [1.54, 1.807) is 6.07 Å². The highest BCUT2D eigenvalue weighted by Crippen LogP contribution is 2.29. The number of amides is 1. The van der Waals surface area contributed by atoms with Gasteiger partial charge in [-0.25, -0.2) is 23.7 Å². The van der Waals surface area contributed by atoms with Crippen LogP contribution in [0.4, 0.5) is 22.0 Å². The van der Waals surface area contributed by atoms with Crippen LogP contribution < -0.4 is 4.74 Å². The molecule has 2 heterocycles. The SMILES string of the molecule is CC(c1ncnn1-c1ncccn1)N(CC(F)F)C(=O)c1cc(Cl)cc(OC(F)(F)F)c1. The van der Waals surface area contributed by atoms with Crippen LogP contribution in [-0.4, -0.2) is 54.9 Å². The zero-order chi connectivity index (χ0) is 23.5. The normalized spacial score (nSPS) is 12.6. The minimum atomic E-state index is -5.03. The summed E-state index contributed by atoms with van der Waals surface area (Å²) < 4.78 is 69.3. The van der Waals surface area contributed by atoms with Crippen molar-refractivity contribution in [1.29, 1.82) is 0 Å². The lowest BCUT2D eigenvalue weighted by molar-refractivity contribution is -0.274. The number of halogens is 6. The quantitative estimate of drug-likeness (QED) is 0.478. The first-order valence-electron chi connectivity index (χ1n) is 8.88. The molecule has 32 heavy (non-hydrogen) atoms. The fraction of sp³-hybridized carbons (Fsp3) is 0.278. The van der Waals surface area contributed by atoms with Gasteiger partial charge in [-0.05, 0) is 31.2 Å². The van der Waals surface area contributed by atoms with Crippen LogP contribution >= 0.6 is 11.6 Å². The van der Waals surface area contributed by atoms with Crippen molar-refractivity contribution in [3.8, 4) is 11.7 Å². The fourth-order valence-electron chi connectivity index (χ4n) is 2.84. The third kappa shape index (κ3) is 5.66. The van der Waals surface area contributed by atoms with E-state index in [2.05, 4.69) is 24.8 Å². The highest BCUT2D eigenvalue weighted by Gasteiger charge is 2.33. The van der Waals surface area contributed by atoms with E-state index < -0.39 is 37.0 Å². The summed E-state index contributed by atoms with van der Waals surface area (Å²) in [6, 6.07) is 3.11. The van der Waals surface area contributed by atoms with Gasteiger partial charge in [0.25, 0.3) is 18.3 Å². The van der Waals surface area contributed by atoms with Crippen molar-refractivity contribution in [2.75, 3.05) is 6.54 Å². The molecule has 0 bridgehead atoms. The summed E-state index contributed by atoms with van der Waals surface area (Å²) in [5, 5.41) is 3.71. The maximum Gasteiger partial charge on any atom is 0.573 e. The van der Waals surface area contributed by atoms with Gasteiger partial charge in [0.15, 0.2) is 5.82 Å². The zero-order valence-electron chi connectivity index (χ0n) is 16.2. The van der Waals surface area contributed by atoms with E-state index in [4.69, 9.17) is 11.6 Å². The van der Waals surface area contributed by atoms with Gasteiger partial charge in [-0.15, -0.1) is 13.2 Å². The van der Waals surface area contributed by atoms with Crippen molar-refractivity contribution in [2.24, 2.45) is 0 Å². The van der Waals surface area contributed by atoms with Crippen LogP contribution in [0.3, 0.4) is 0 Å². The van der Waals surface area contributed by atoms with E-state index >= 15 is 0 Å². The van der Waals surface area contributed by atoms with E-state index in [9.17, 15) is 26.7 Å². The first kappa shape index (κ1) is 23.3. The summed E-state index contributed by atoms with van der Waals surface area (Å²) in [6.45, 7) is 0.367. The summed E-state index contributed by atoms with van der Waals surface area (Å²) in [7, 11) is 0. The molecule has 1 unspecified atom stereocenters. The van der Waals surface area contributed by atoms with Gasteiger partial charge in [0.1, 0.15) is 12.1 Å². The van der Waals surface area contributed by atoms with E-state index in [-0.39, 0.29) is 22.4 Å². The molecule has 0 aliphatic heterocycles. The minimum Gasteiger partial charge on any atom is -0.406 e. The molecule has 0 spiro atoms. The summed E-state index contributed by atoms with van der Waals surface area (Å²) in [5.41, 5.74) is -0.383. The van der Waals surface area contributed by atoms with Crippen LogP contribution in [0.5, 0.6) is 5.75 Å². The molecular weight excluding hydrogens is 463 g/mol. The van der Waals surface area contributed by atoms with E-state index in [0.29, 0.717) is 0 Å². The molecule has 1 atom stereocenters. The van der Waals surface area contributed by atoms with Gasteiger partial charge < -0.3 is 9.64 Å². The van der Waals surface area contributed by atoms with Crippen molar-refractivity contribution in [3.63, 3.8) is 0 Å². The highest BCUT2D eigenvalue weighted by molar-refractivity contribution is 6.31. The number of alkyl halides is 5. The van der Waals surface area contributed by atoms with E-state index in [1.807, 2.05) is 0 Å². The molecular formula is C18H14ClF5N6O2. The molecule has 1 amide bonds. The van der Waals surface area contributed by atoms with Crippen LogP contribution in [0.15, 0.2) is 43.0 Å². The van der Waals surface area contributed by atoms with Crippen LogP contribution in [-0.2, 0) is 0 Å². The second-order valence-corrected chi connectivity index (χ2v) is 6.76. The molecule has 3 rings (SSSR count). The lowest BCUT2D eigenvalue weighted by Crippen LogP contribution is -2.38. The maximum absolute atomic E-state index is 13.3. The maximum atomic E-state index is 13.3. The van der Waals surface area contributed by atoms with Gasteiger partial charge in [-0.2, -0.15) is 9.78 Å². The molecule has 170 valence electrons. The molecule has 0 radical (unpaired) electrons. The van der Waals surface area contributed by atoms with Crippen molar-refractivity contribution in [2.45, 2.75) is 25.8 Å². The Balaban J connectivity index is 1.98. The second kappa shape index (κ2) is 9.42. The number of hydrogen-bond acceptors (Lipinski definition) is 6. The van der Waals surface area contributed by atoms with Crippen LogP contribution in [0.25, 0.3) is 5.95 Å². The summed E-state index contributed by atoms with van der Waals surface area (Å²) in [5.74, 6) is -1.64. The second-order valence-electron chi connectivity index (χ2n) is 6.33. The number of carbonyl (C=O) groups is 1. The Morgan fingerprint density at radius 2 is 1.88 bits per heavy atom. The molecule has 0 aliphatic rings. The number of benzene rings is 1. The largest absolute Gasteiger partial charge is 0.573 e. The molecule has 0 fully saturated rings. The van der Waals surface area contributed by atoms with Crippen LogP contribution in [0, 0.1) is 0 Å². The summed E-state index contributed by atoms with van der Waals surface area (Å²) in [6.07, 6.45) is -4.01. The van der Waals surface area contributed by atoms with Crippen molar-refractivity contribution < 1.29 is 31.5 Å². The van der Waals surface area contributed by atoms with Gasteiger partial charge in [0.05, 0.1) is 12.6 Å². The van der Waals surface area contributed by atoms with Gasteiger partial charge in [-0.3, -0.25) is 4.79 Å². The van der Waals surface area contributed by atoms with Crippen molar-refractivity contribution in [3.05, 3.63) is 59.4 Å². The van der Waals surface area contributed by atoms with Gasteiger partial charge in [0, 0.05) is 23.0 Å². The summed E-state index contributed by atoms with van der Waals surface area (Å²) in [4.78, 5) is 25.8. The molecule has 0 saturated heterocycles. The van der Waals surface area contributed by atoms with Gasteiger partial charge >= 0.3 is 6.36 Å². The third-order valence-corrected chi connectivity index (χ3v) is 4.32. The summed E-state index contributed by atoms with van der Waals surface area (Å²) >= 11 is 5.81. The smallest absolute Gasteiger partial charge is 0.406 e. The average Bonchev–Trinajstić information content (AvgIpc) is 3.19. The average molecular weight is 477 g/mol. The Labute approximate surface area is 182 Å². The first-order valence-corrected chi connectivity index (χ1v) is 9.25. The molecule has 2 aromatic heterocycles. The lowest BCUT2D eigenvalue weighted by Gasteiger charge is -2.28. The molecule has 0 N–H and O–H groups in total. The Morgan fingerprint density at radius 3 is 2.50 bits per heavy atom. The predicted octanol–water partition coefficient (Wildman–Crippen LogP) is 4.08. The Hall–Kier alpha value is -3.35. The number of nitrogens with zero attached hydrogens (tertiary/aromatic N) is 6. The Kier molecular flexibility index (Phi) is 6.87. The first-order chi connectivity index (χ1) is 15.0. The monoisotopic (exact) mass is 476 g/mol. The Bertz CT molecular complexity index is 1080. The topological polar surface area (TPSA) is 86.0 Å². The zero-order valence-corrected chi connectivity index (χ0v) is 16.9. The van der Waals surface area contributed by atoms with Crippen molar-refractivity contribution >= 4 is 17.5 Å². The van der Waals surface area contributed by atoms with Gasteiger partial charge in [-0.1, -0.05) is 11.6 Å². The molecule has 14 heteroatoms. The van der Waals surface area contributed by atoms with E-state index in [0.717, 1.165) is 34.1 Å². The minimum absolute atomic E-state index is 0.0546. The fourth-order valence-corrected chi connectivity index (χ4v) is 3.06. The number of hydrogen-bond donors (Lipinski definition) is 0. The number of carbonyl (C=O) groups excluding carboxylic acids is 1. The number of ether oxygens (including phenoxy) is 1. The lowest BCUT2D eigenvalue weighted by atomic mass is 10.1. The number of aromatic nitrogens is 5. The molecule has 0 saturated carbocycles. The van der Waals surface area contributed by atoms with E-state index in [1.165, 1.54) is 19.3 Å². The Morgan fingerprint density at radius 1 is 1.19 bits per heavy atom. The third-order valence-electron chi connectivity index (χ3n) is 4.10. The standard InChI is InChI=1S/C18H14ClF5N6O2/c1-10(15-27-9-28-30(15)17-25-3-2-4-26-17)29(8-14(20)21)16(31)11-5-12(19)7-13(6-11)32-18(22,23)24/h2-7,9-10,14H,8H2,1H3. The molecule has 0 aliphatic carbocycles. The van der Waals surface area contributed by atoms with Crippen LogP contribution in [0.2, 0.25) is 5.02 Å². The molecule has 1 aromatic carbocycles.